The van der Waals surface area contributed by atoms with E-state index >= 15 is 0 Å². The standard InChI is InChI=1S/C19H23N3O3/c23-19(16-4-1-5-18-17(16)11-20-22-18)21-13-6-8-14(9-7-13)25-12-15-3-2-10-24-15/h6-9,11,15-16H,1-5,10,12H2,(H,20,22)(H,21,23). The van der Waals surface area contributed by atoms with Gasteiger partial charge in [0, 0.05) is 23.6 Å². The molecule has 1 aliphatic carbocycles. The Balaban J connectivity index is 1.34. The number of aromatic amines is 1. The number of carbonyl (C=O) groups excluding carboxylic acids is 1. The van der Waals surface area contributed by atoms with E-state index in [0.717, 1.165) is 61.4 Å². The molecule has 2 aliphatic rings. The van der Waals surface area contributed by atoms with Gasteiger partial charge in [-0.15, -0.1) is 0 Å². The molecule has 0 spiro atoms. The number of aryl methyl sites for hydroxylation is 1. The van der Waals surface area contributed by atoms with Crippen LogP contribution in [0.25, 0.3) is 0 Å². The van der Waals surface area contributed by atoms with Crippen molar-refractivity contribution in [2.75, 3.05) is 18.5 Å². The molecule has 2 N–H and O–H groups in total. The molecule has 132 valence electrons. The lowest BCUT2D eigenvalue weighted by Crippen LogP contribution is -2.24. The molecular formula is C19H23N3O3. The molecule has 2 atom stereocenters. The fourth-order valence-electron chi connectivity index (χ4n) is 3.56. The van der Waals surface area contributed by atoms with Crippen molar-refractivity contribution in [3.05, 3.63) is 41.7 Å². The summed E-state index contributed by atoms with van der Waals surface area (Å²) in [5.74, 6) is 0.691. The van der Waals surface area contributed by atoms with Gasteiger partial charge in [-0.3, -0.25) is 9.89 Å². The van der Waals surface area contributed by atoms with Gasteiger partial charge in [0.1, 0.15) is 12.4 Å². The molecule has 2 heterocycles. The van der Waals surface area contributed by atoms with E-state index in [1.165, 1.54) is 0 Å². The highest BCUT2D eigenvalue weighted by Crippen LogP contribution is 2.31. The van der Waals surface area contributed by atoms with Crippen molar-refractivity contribution in [2.24, 2.45) is 0 Å². The first-order valence-electron chi connectivity index (χ1n) is 8.97. The summed E-state index contributed by atoms with van der Waals surface area (Å²) < 4.78 is 11.3. The quantitative estimate of drug-likeness (QED) is 0.876. The van der Waals surface area contributed by atoms with Gasteiger partial charge in [-0.1, -0.05) is 0 Å². The lowest BCUT2D eigenvalue weighted by atomic mass is 9.86. The zero-order chi connectivity index (χ0) is 17.1. The van der Waals surface area contributed by atoms with Crippen molar-refractivity contribution in [3.8, 4) is 5.75 Å². The Kier molecular flexibility index (Phi) is 4.70. The normalized spacial score (nSPS) is 22.4. The maximum Gasteiger partial charge on any atom is 0.232 e. The number of H-pyrrole nitrogens is 1. The van der Waals surface area contributed by atoms with Crippen LogP contribution >= 0.6 is 0 Å². The van der Waals surface area contributed by atoms with Crippen LogP contribution in [0.1, 0.15) is 42.9 Å². The van der Waals surface area contributed by atoms with Crippen LogP contribution in [0.15, 0.2) is 30.5 Å². The number of benzene rings is 1. The number of hydrogen-bond donors (Lipinski definition) is 2. The Hall–Kier alpha value is -2.34. The van der Waals surface area contributed by atoms with Gasteiger partial charge in [-0.2, -0.15) is 5.10 Å². The maximum atomic E-state index is 12.6. The SMILES string of the molecule is O=C(Nc1ccc(OCC2CCCO2)cc1)C1CCCc2[nH]ncc21. The van der Waals surface area contributed by atoms with Crippen molar-refractivity contribution in [2.45, 2.75) is 44.1 Å². The lowest BCUT2D eigenvalue weighted by molar-refractivity contribution is -0.117. The van der Waals surface area contributed by atoms with Crippen LogP contribution in [-0.2, 0) is 16.0 Å². The number of hydrogen-bond acceptors (Lipinski definition) is 4. The molecule has 1 aliphatic heterocycles. The molecule has 1 fully saturated rings. The Labute approximate surface area is 146 Å². The molecule has 4 rings (SSSR count). The van der Waals surface area contributed by atoms with Crippen LogP contribution < -0.4 is 10.1 Å². The number of anilines is 1. The highest BCUT2D eigenvalue weighted by molar-refractivity contribution is 5.96. The molecule has 1 saturated heterocycles. The highest BCUT2D eigenvalue weighted by Gasteiger charge is 2.28. The summed E-state index contributed by atoms with van der Waals surface area (Å²) in [6.07, 6.45) is 6.99. The smallest absolute Gasteiger partial charge is 0.232 e. The van der Waals surface area contributed by atoms with Crippen molar-refractivity contribution in [3.63, 3.8) is 0 Å². The second kappa shape index (κ2) is 7.27. The van der Waals surface area contributed by atoms with Crippen LogP contribution in [0.3, 0.4) is 0 Å². The number of nitrogens with zero attached hydrogens (tertiary/aromatic N) is 1. The number of aromatic nitrogens is 2. The average Bonchev–Trinajstić information content (AvgIpc) is 3.32. The lowest BCUT2D eigenvalue weighted by Gasteiger charge is -2.21. The van der Waals surface area contributed by atoms with E-state index in [0.29, 0.717) is 6.61 Å². The van der Waals surface area contributed by atoms with Gasteiger partial charge in [0.15, 0.2) is 0 Å². The van der Waals surface area contributed by atoms with Crippen LogP contribution in [0, 0.1) is 0 Å². The second-order valence-corrected chi connectivity index (χ2v) is 6.71. The summed E-state index contributed by atoms with van der Waals surface area (Å²) in [5, 5.41) is 10.1. The van der Waals surface area contributed by atoms with E-state index in [1.54, 1.807) is 6.20 Å². The van der Waals surface area contributed by atoms with Crippen molar-refractivity contribution in [1.82, 2.24) is 10.2 Å². The number of nitrogens with one attached hydrogen (secondary N) is 2. The van der Waals surface area contributed by atoms with Crippen molar-refractivity contribution in [1.29, 1.82) is 0 Å². The average molecular weight is 341 g/mol. The Bertz CT molecular complexity index is 720. The summed E-state index contributed by atoms with van der Waals surface area (Å²) in [6, 6.07) is 7.52. The fraction of sp³-hybridized carbons (Fsp3) is 0.474. The van der Waals surface area contributed by atoms with E-state index in [-0.39, 0.29) is 17.9 Å². The highest BCUT2D eigenvalue weighted by atomic mass is 16.5. The first-order valence-corrected chi connectivity index (χ1v) is 8.97. The monoisotopic (exact) mass is 341 g/mol. The third kappa shape index (κ3) is 3.69. The Morgan fingerprint density at radius 2 is 2.16 bits per heavy atom. The summed E-state index contributed by atoms with van der Waals surface area (Å²) in [6.45, 7) is 1.41. The molecule has 1 amide bonds. The van der Waals surface area contributed by atoms with E-state index in [1.807, 2.05) is 24.3 Å². The number of ether oxygens (including phenoxy) is 2. The van der Waals surface area contributed by atoms with Gasteiger partial charge in [0.2, 0.25) is 5.91 Å². The van der Waals surface area contributed by atoms with E-state index in [9.17, 15) is 4.79 Å². The summed E-state index contributed by atoms with van der Waals surface area (Å²) in [4.78, 5) is 12.6. The predicted molar refractivity (Wildman–Crippen MR) is 93.8 cm³/mol. The number of rotatable bonds is 5. The summed E-state index contributed by atoms with van der Waals surface area (Å²) >= 11 is 0. The van der Waals surface area contributed by atoms with Crippen LogP contribution in [0.5, 0.6) is 5.75 Å². The van der Waals surface area contributed by atoms with Crippen LogP contribution in [0.4, 0.5) is 5.69 Å². The number of carbonyl (C=O) groups is 1. The maximum absolute atomic E-state index is 12.6. The first kappa shape index (κ1) is 16.1. The van der Waals surface area contributed by atoms with Crippen molar-refractivity contribution < 1.29 is 14.3 Å². The molecule has 0 saturated carbocycles. The Morgan fingerprint density at radius 3 is 2.96 bits per heavy atom. The number of fused-ring (bicyclic) bond motifs is 1. The third-order valence-corrected chi connectivity index (χ3v) is 4.94. The van der Waals surface area contributed by atoms with Gasteiger partial charge >= 0.3 is 0 Å². The molecule has 1 aromatic heterocycles. The number of amides is 1. The van der Waals surface area contributed by atoms with Gasteiger partial charge in [-0.05, 0) is 56.4 Å². The second-order valence-electron chi connectivity index (χ2n) is 6.71. The van der Waals surface area contributed by atoms with E-state index < -0.39 is 0 Å². The molecule has 2 unspecified atom stereocenters. The van der Waals surface area contributed by atoms with Crippen LogP contribution in [-0.4, -0.2) is 35.4 Å². The predicted octanol–water partition coefficient (Wildman–Crippen LogP) is 3.03. The van der Waals surface area contributed by atoms with Crippen molar-refractivity contribution >= 4 is 11.6 Å². The van der Waals surface area contributed by atoms with Gasteiger partial charge in [-0.25, -0.2) is 0 Å². The van der Waals surface area contributed by atoms with Gasteiger partial charge in [0.25, 0.3) is 0 Å². The summed E-state index contributed by atoms with van der Waals surface area (Å²) in [7, 11) is 0. The first-order chi connectivity index (χ1) is 12.3. The fourth-order valence-corrected chi connectivity index (χ4v) is 3.56. The van der Waals surface area contributed by atoms with Gasteiger partial charge in [0.05, 0.1) is 18.2 Å². The Morgan fingerprint density at radius 1 is 1.28 bits per heavy atom. The minimum absolute atomic E-state index is 0.0235. The molecule has 25 heavy (non-hydrogen) atoms. The molecule has 6 heteroatoms. The minimum Gasteiger partial charge on any atom is -0.491 e. The summed E-state index contributed by atoms with van der Waals surface area (Å²) in [5.41, 5.74) is 2.90. The van der Waals surface area contributed by atoms with Gasteiger partial charge < -0.3 is 14.8 Å². The molecule has 1 aromatic carbocycles. The zero-order valence-corrected chi connectivity index (χ0v) is 14.2. The minimum atomic E-state index is -0.127. The third-order valence-electron chi connectivity index (χ3n) is 4.94. The molecule has 0 bridgehead atoms. The topological polar surface area (TPSA) is 76.2 Å². The zero-order valence-electron chi connectivity index (χ0n) is 14.2. The van der Waals surface area contributed by atoms with Crippen LogP contribution in [0.2, 0.25) is 0 Å². The molecule has 2 aromatic rings. The molecular weight excluding hydrogens is 318 g/mol. The largest absolute Gasteiger partial charge is 0.491 e. The van der Waals surface area contributed by atoms with E-state index in [2.05, 4.69) is 15.5 Å². The molecule has 6 nitrogen and oxygen atoms in total. The van der Waals surface area contributed by atoms with E-state index in [4.69, 9.17) is 9.47 Å². The molecule has 0 radical (unpaired) electrons.